The zero-order valence-electron chi connectivity index (χ0n) is 13.2. The molecule has 3 rings (SSSR count). The van der Waals surface area contributed by atoms with E-state index in [4.69, 9.17) is 0 Å². The predicted molar refractivity (Wildman–Crippen MR) is 104 cm³/mol. The lowest BCUT2D eigenvalue weighted by Crippen LogP contribution is -2.13. The normalized spacial score (nSPS) is 10.4. The number of amides is 1. The minimum absolute atomic E-state index is 0.0424. The number of hydrogen-bond donors (Lipinski definition) is 1. The summed E-state index contributed by atoms with van der Waals surface area (Å²) in [6, 6.07) is 14.7. The van der Waals surface area contributed by atoms with E-state index in [1.54, 1.807) is 29.7 Å². The molecule has 126 valence electrons. The van der Waals surface area contributed by atoms with Gasteiger partial charge in [0.05, 0.1) is 0 Å². The Labute approximate surface area is 158 Å². The van der Waals surface area contributed by atoms with Crippen molar-refractivity contribution in [1.29, 1.82) is 0 Å². The van der Waals surface area contributed by atoms with Crippen molar-refractivity contribution < 1.29 is 9.59 Å². The van der Waals surface area contributed by atoms with Crippen molar-refractivity contribution in [3.05, 3.63) is 70.1 Å². The van der Waals surface area contributed by atoms with Gasteiger partial charge in [-0.1, -0.05) is 40.2 Å². The van der Waals surface area contributed by atoms with E-state index >= 15 is 0 Å². The summed E-state index contributed by atoms with van der Waals surface area (Å²) in [6.45, 7) is 0. The monoisotopic (exact) mass is 414 g/mol. The van der Waals surface area contributed by atoms with Crippen LogP contribution in [-0.4, -0.2) is 16.7 Å². The Morgan fingerprint density at radius 1 is 1.08 bits per heavy atom. The number of nitrogens with zero attached hydrogens (tertiary/aromatic N) is 1. The molecule has 0 bridgehead atoms. The summed E-state index contributed by atoms with van der Waals surface area (Å²) in [6.07, 6.45) is 2.08. The molecule has 2 aromatic carbocycles. The van der Waals surface area contributed by atoms with Gasteiger partial charge in [-0.25, -0.2) is 4.98 Å². The largest absolute Gasteiger partial charge is 0.326 e. The van der Waals surface area contributed by atoms with Gasteiger partial charge < -0.3 is 5.32 Å². The topological polar surface area (TPSA) is 59.1 Å². The molecule has 0 spiro atoms. The first kappa shape index (κ1) is 17.5. The number of thiazole rings is 1. The number of carbonyl (C=O) groups is 2. The minimum Gasteiger partial charge on any atom is -0.326 e. The maximum Gasteiger partial charge on any atom is 0.224 e. The Morgan fingerprint density at radius 2 is 1.88 bits per heavy atom. The Balaban J connectivity index is 1.57. The third-order valence-electron chi connectivity index (χ3n) is 3.57. The van der Waals surface area contributed by atoms with Crippen LogP contribution in [0.3, 0.4) is 0 Å². The molecule has 0 aliphatic heterocycles. The molecule has 1 N–H and O–H groups in total. The van der Waals surface area contributed by atoms with Crippen LogP contribution < -0.4 is 5.32 Å². The molecule has 0 aliphatic carbocycles. The average molecular weight is 415 g/mol. The first-order valence-corrected chi connectivity index (χ1v) is 9.37. The van der Waals surface area contributed by atoms with Crippen LogP contribution in [-0.2, 0) is 4.79 Å². The molecule has 1 heterocycles. The minimum atomic E-state index is -0.179. The second-order valence-corrected chi connectivity index (χ2v) is 7.21. The molecule has 0 unspecified atom stereocenters. The summed E-state index contributed by atoms with van der Waals surface area (Å²) in [4.78, 5) is 28.5. The van der Waals surface area contributed by atoms with Gasteiger partial charge in [0.15, 0.2) is 5.78 Å². The molecule has 0 radical (unpaired) electrons. The number of rotatable bonds is 6. The Kier molecular flexibility index (Phi) is 5.73. The molecule has 3 aromatic rings. The van der Waals surface area contributed by atoms with E-state index in [2.05, 4.69) is 26.2 Å². The Morgan fingerprint density at radius 3 is 2.60 bits per heavy atom. The highest BCUT2D eigenvalue weighted by atomic mass is 79.9. The lowest BCUT2D eigenvalue weighted by Gasteiger charge is -2.06. The molecule has 0 aliphatic rings. The standard InChI is InChI=1S/C19H15BrN2O2S/c20-15-6-4-13(5-7-15)17(23)8-9-18(24)22-16-3-1-2-14(12-16)19-21-10-11-25-19/h1-7,10-12H,8-9H2,(H,22,24). The van der Waals surface area contributed by atoms with Gasteiger partial charge in [0, 0.05) is 45.7 Å². The van der Waals surface area contributed by atoms with Crippen LogP contribution in [0, 0.1) is 0 Å². The molecule has 0 saturated carbocycles. The van der Waals surface area contributed by atoms with Gasteiger partial charge >= 0.3 is 0 Å². The van der Waals surface area contributed by atoms with Crippen molar-refractivity contribution >= 4 is 44.6 Å². The molecule has 0 atom stereocenters. The van der Waals surface area contributed by atoms with Gasteiger partial charge in [0.2, 0.25) is 5.91 Å². The van der Waals surface area contributed by atoms with Crippen LogP contribution in [0.2, 0.25) is 0 Å². The predicted octanol–water partition coefficient (Wildman–Crippen LogP) is 5.17. The van der Waals surface area contributed by atoms with Crippen LogP contribution in [0.15, 0.2) is 64.6 Å². The number of anilines is 1. The fraction of sp³-hybridized carbons (Fsp3) is 0.105. The zero-order chi connectivity index (χ0) is 17.6. The molecule has 1 amide bonds. The third kappa shape index (κ3) is 4.84. The highest BCUT2D eigenvalue weighted by Gasteiger charge is 2.10. The Hall–Kier alpha value is -2.31. The first-order valence-electron chi connectivity index (χ1n) is 7.70. The maximum atomic E-state index is 12.1. The number of nitrogens with one attached hydrogen (secondary N) is 1. The van der Waals surface area contributed by atoms with Crippen LogP contribution in [0.1, 0.15) is 23.2 Å². The van der Waals surface area contributed by atoms with Crippen molar-refractivity contribution in [3.8, 4) is 10.6 Å². The summed E-state index contributed by atoms with van der Waals surface area (Å²) >= 11 is 4.88. The lowest BCUT2D eigenvalue weighted by molar-refractivity contribution is -0.116. The maximum absolute atomic E-state index is 12.1. The van der Waals surface area contributed by atoms with Gasteiger partial charge in [-0.2, -0.15) is 0 Å². The van der Waals surface area contributed by atoms with E-state index in [9.17, 15) is 9.59 Å². The first-order chi connectivity index (χ1) is 12.1. The number of ketones is 1. The van der Waals surface area contributed by atoms with Crippen LogP contribution in [0.5, 0.6) is 0 Å². The number of aromatic nitrogens is 1. The Bertz CT molecular complexity index is 877. The van der Waals surface area contributed by atoms with Crippen molar-refractivity contribution in [3.63, 3.8) is 0 Å². The van der Waals surface area contributed by atoms with Crippen molar-refractivity contribution in [2.24, 2.45) is 0 Å². The quantitative estimate of drug-likeness (QED) is 0.565. The summed E-state index contributed by atoms with van der Waals surface area (Å²) in [5.41, 5.74) is 2.27. The number of Topliss-reactive ketones (excluding diaryl/α,β-unsaturated/α-hetero) is 1. The molecule has 0 fully saturated rings. The van der Waals surface area contributed by atoms with Crippen molar-refractivity contribution in [2.45, 2.75) is 12.8 Å². The molecule has 1 aromatic heterocycles. The average Bonchev–Trinajstić information content (AvgIpc) is 3.15. The molecule has 6 heteroatoms. The fourth-order valence-electron chi connectivity index (χ4n) is 2.33. The lowest BCUT2D eigenvalue weighted by atomic mass is 10.1. The van der Waals surface area contributed by atoms with Crippen molar-refractivity contribution in [2.75, 3.05) is 5.32 Å². The second kappa shape index (κ2) is 8.18. The van der Waals surface area contributed by atoms with Crippen molar-refractivity contribution in [1.82, 2.24) is 4.98 Å². The van der Waals surface area contributed by atoms with Crippen LogP contribution in [0.25, 0.3) is 10.6 Å². The molecule has 25 heavy (non-hydrogen) atoms. The summed E-state index contributed by atoms with van der Waals surface area (Å²) < 4.78 is 0.918. The number of hydrogen-bond acceptors (Lipinski definition) is 4. The van der Waals surface area contributed by atoms with Gasteiger partial charge in [-0.15, -0.1) is 11.3 Å². The van der Waals surface area contributed by atoms with Gasteiger partial charge in [0.1, 0.15) is 5.01 Å². The highest BCUT2D eigenvalue weighted by molar-refractivity contribution is 9.10. The molecule has 0 saturated heterocycles. The molecule has 4 nitrogen and oxygen atoms in total. The van der Waals surface area contributed by atoms with E-state index in [0.29, 0.717) is 11.3 Å². The highest BCUT2D eigenvalue weighted by Crippen LogP contribution is 2.24. The number of carbonyl (C=O) groups excluding carboxylic acids is 2. The van der Waals surface area contributed by atoms with Crippen LogP contribution >= 0.6 is 27.3 Å². The zero-order valence-corrected chi connectivity index (χ0v) is 15.6. The van der Waals surface area contributed by atoms with E-state index in [-0.39, 0.29) is 24.5 Å². The smallest absolute Gasteiger partial charge is 0.224 e. The number of benzene rings is 2. The van der Waals surface area contributed by atoms with E-state index < -0.39 is 0 Å². The third-order valence-corrected chi connectivity index (χ3v) is 4.92. The molecular weight excluding hydrogens is 400 g/mol. The van der Waals surface area contributed by atoms with Crippen LogP contribution in [0.4, 0.5) is 5.69 Å². The summed E-state index contributed by atoms with van der Waals surface area (Å²) in [7, 11) is 0. The van der Waals surface area contributed by atoms with E-state index in [0.717, 1.165) is 15.0 Å². The SMILES string of the molecule is O=C(CCC(=O)c1ccc(Br)cc1)Nc1cccc(-c2nccs2)c1. The van der Waals surface area contributed by atoms with Gasteiger partial charge in [-0.05, 0) is 24.3 Å². The summed E-state index contributed by atoms with van der Waals surface area (Å²) in [5, 5.41) is 5.65. The van der Waals surface area contributed by atoms with Gasteiger partial charge in [0.25, 0.3) is 0 Å². The van der Waals surface area contributed by atoms with Gasteiger partial charge in [-0.3, -0.25) is 9.59 Å². The fourth-order valence-corrected chi connectivity index (χ4v) is 3.23. The second-order valence-electron chi connectivity index (χ2n) is 5.40. The number of halogens is 1. The van der Waals surface area contributed by atoms with E-state index in [1.807, 2.05) is 41.8 Å². The van der Waals surface area contributed by atoms with E-state index in [1.165, 1.54) is 0 Å². The summed E-state index contributed by atoms with van der Waals surface area (Å²) in [5.74, 6) is -0.221. The molecular formula is C19H15BrN2O2S.